The maximum Gasteiger partial charge on any atom is -0.0000930 e. The van der Waals surface area contributed by atoms with Crippen LogP contribution in [0.15, 0.2) is 279 Å². The smallest absolute Gasteiger partial charge is 0.0000930 e. The van der Waals surface area contributed by atoms with Crippen molar-refractivity contribution < 1.29 is 0 Å². The number of hydrogen-bond acceptors (Lipinski definition) is 0. The van der Waals surface area contributed by atoms with Gasteiger partial charge in [-0.1, -0.05) is 243 Å². The Balaban J connectivity index is 1.31. The third-order valence-electron chi connectivity index (χ3n) is 16.5. The van der Waals surface area contributed by atoms with Crippen molar-refractivity contribution in [3.63, 3.8) is 0 Å². The lowest BCUT2D eigenvalue weighted by Crippen LogP contribution is -2.02. The lowest BCUT2D eigenvalue weighted by Gasteiger charge is -2.30. The SMILES string of the molecule is c1ccc2c(-c3cc(-c4c5ccccc5cc5ccccc45)c(-c4c5ccccc5cc5ccccc45)c(-c4c5ccccc5cc5ccccc45)c3-c3c4ccccc4cc4ccccc34)c3ccccc3cc2c1. The molecular formula is C76H46. The molecule has 0 amide bonds. The lowest BCUT2D eigenvalue weighted by molar-refractivity contribution is 1.61. The standard InChI is InChI=1S/C76H46/c1-11-31-57-47(21-1)41-48-22-2-12-32-58(48)69(57)67-46-68(70-59-33-13-3-23-49(59)42-50-24-4-14-34-60(50)70)75(72-63-37-17-7-27-53(63)44-54-28-8-18-38-64(54)72)76(73-65-39-19-9-29-55(65)45-56-30-10-20-40-66(56)73)74(67)71-61-35-15-5-25-51(61)43-52-26-6-16-36-62(52)71/h1-46H. The molecule has 0 saturated carbocycles. The number of rotatable bonds is 5. The van der Waals surface area contributed by atoms with Crippen molar-refractivity contribution in [3.8, 4) is 55.6 Å². The first-order chi connectivity index (χ1) is 37.7. The van der Waals surface area contributed by atoms with Crippen LogP contribution in [0, 0.1) is 0 Å². The van der Waals surface area contributed by atoms with Gasteiger partial charge in [0.05, 0.1) is 0 Å². The summed E-state index contributed by atoms with van der Waals surface area (Å²) in [7, 11) is 0. The summed E-state index contributed by atoms with van der Waals surface area (Å²) in [5.74, 6) is 0. The summed E-state index contributed by atoms with van der Waals surface area (Å²) in [6, 6.07) is 106. The van der Waals surface area contributed by atoms with Crippen LogP contribution in [-0.4, -0.2) is 0 Å². The fourth-order valence-corrected chi connectivity index (χ4v) is 13.3. The molecule has 0 saturated heterocycles. The van der Waals surface area contributed by atoms with Gasteiger partial charge in [0.2, 0.25) is 0 Å². The Labute approximate surface area is 440 Å². The van der Waals surface area contributed by atoms with Crippen LogP contribution in [-0.2, 0) is 0 Å². The highest BCUT2D eigenvalue weighted by Crippen LogP contribution is 2.59. The first-order valence-corrected chi connectivity index (χ1v) is 26.5. The van der Waals surface area contributed by atoms with E-state index in [2.05, 4.69) is 279 Å². The van der Waals surface area contributed by atoms with Crippen molar-refractivity contribution in [1.29, 1.82) is 0 Å². The summed E-state index contributed by atoms with van der Waals surface area (Å²) in [6.45, 7) is 0. The molecule has 0 spiro atoms. The minimum Gasteiger partial charge on any atom is -0.0616 e. The molecule has 0 heterocycles. The first kappa shape index (κ1) is 42.6. The van der Waals surface area contributed by atoms with Crippen molar-refractivity contribution in [2.45, 2.75) is 0 Å². The first-order valence-electron chi connectivity index (χ1n) is 26.5. The molecule has 0 atom stereocenters. The second-order valence-electron chi connectivity index (χ2n) is 20.6. The molecular weight excluding hydrogens is 913 g/mol. The van der Waals surface area contributed by atoms with Gasteiger partial charge in [0.1, 0.15) is 0 Å². The van der Waals surface area contributed by atoms with Crippen LogP contribution in [0.3, 0.4) is 0 Å². The zero-order valence-corrected chi connectivity index (χ0v) is 41.6. The van der Waals surface area contributed by atoms with E-state index in [9.17, 15) is 0 Å². The van der Waals surface area contributed by atoms with E-state index in [-0.39, 0.29) is 0 Å². The van der Waals surface area contributed by atoms with E-state index in [1.165, 1.54) is 163 Å². The minimum atomic E-state index is 1.20. The number of benzene rings is 16. The van der Waals surface area contributed by atoms with E-state index < -0.39 is 0 Å². The molecule has 16 rings (SSSR count). The molecule has 0 heteroatoms. The Hall–Kier alpha value is -9.88. The van der Waals surface area contributed by atoms with Crippen molar-refractivity contribution in [1.82, 2.24) is 0 Å². The van der Waals surface area contributed by atoms with Gasteiger partial charge < -0.3 is 0 Å². The molecule has 0 radical (unpaired) electrons. The molecule has 0 aliphatic carbocycles. The quantitative estimate of drug-likeness (QED) is 0.151. The Morgan fingerprint density at radius 1 is 0.118 bits per heavy atom. The van der Waals surface area contributed by atoms with Gasteiger partial charge in [0.15, 0.2) is 0 Å². The van der Waals surface area contributed by atoms with E-state index in [4.69, 9.17) is 0 Å². The normalized spacial score (nSPS) is 11.9. The van der Waals surface area contributed by atoms with Crippen molar-refractivity contribution in [2.24, 2.45) is 0 Å². The van der Waals surface area contributed by atoms with Gasteiger partial charge in [-0.15, -0.1) is 0 Å². The molecule has 16 aromatic carbocycles. The molecule has 16 aromatic rings. The molecule has 0 fully saturated rings. The zero-order valence-electron chi connectivity index (χ0n) is 41.6. The fourth-order valence-electron chi connectivity index (χ4n) is 13.3. The van der Waals surface area contributed by atoms with Crippen LogP contribution in [0.4, 0.5) is 0 Å². The Morgan fingerprint density at radius 3 is 0.474 bits per heavy atom. The average Bonchev–Trinajstić information content (AvgIpc) is 3.49. The van der Waals surface area contributed by atoms with Gasteiger partial charge in [-0.25, -0.2) is 0 Å². The maximum atomic E-state index is 2.65. The van der Waals surface area contributed by atoms with Gasteiger partial charge in [0, 0.05) is 0 Å². The van der Waals surface area contributed by atoms with Gasteiger partial charge >= 0.3 is 0 Å². The summed E-state index contributed by atoms with van der Waals surface area (Å²) < 4.78 is 0. The predicted octanol–water partition coefficient (Wildman–Crippen LogP) is 21.6. The minimum absolute atomic E-state index is 1.20. The number of hydrogen-bond donors (Lipinski definition) is 0. The molecule has 0 N–H and O–H groups in total. The molecule has 350 valence electrons. The molecule has 0 bridgehead atoms. The van der Waals surface area contributed by atoms with Crippen LogP contribution >= 0.6 is 0 Å². The monoisotopic (exact) mass is 958 g/mol. The summed E-state index contributed by atoms with van der Waals surface area (Å²) in [5.41, 5.74) is 12.2. The van der Waals surface area contributed by atoms with E-state index in [0.29, 0.717) is 0 Å². The van der Waals surface area contributed by atoms with Gasteiger partial charge in [-0.05, 0) is 200 Å². The highest BCUT2D eigenvalue weighted by atomic mass is 14.3. The topological polar surface area (TPSA) is 0 Å². The second kappa shape index (κ2) is 16.8. The molecule has 0 nitrogen and oxygen atoms in total. The van der Waals surface area contributed by atoms with Crippen LogP contribution in [0.2, 0.25) is 0 Å². The fraction of sp³-hybridized carbons (Fsp3) is 0. The molecule has 0 unspecified atom stereocenters. The molecule has 76 heavy (non-hydrogen) atoms. The Kier molecular flexibility index (Phi) is 9.44. The van der Waals surface area contributed by atoms with Crippen LogP contribution in [0.25, 0.3) is 163 Å². The molecule has 0 aliphatic rings. The van der Waals surface area contributed by atoms with Crippen LogP contribution in [0.1, 0.15) is 0 Å². The van der Waals surface area contributed by atoms with E-state index in [0.717, 1.165) is 0 Å². The average molecular weight is 959 g/mol. The van der Waals surface area contributed by atoms with Gasteiger partial charge in [-0.3, -0.25) is 0 Å². The highest BCUT2D eigenvalue weighted by molar-refractivity contribution is 6.31. The molecule has 0 aromatic heterocycles. The second-order valence-corrected chi connectivity index (χ2v) is 20.6. The largest absolute Gasteiger partial charge is 0.0616 e. The van der Waals surface area contributed by atoms with Crippen molar-refractivity contribution >= 4 is 108 Å². The zero-order chi connectivity index (χ0) is 49.8. The molecule has 0 aliphatic heterocycles. The van der Waals surface area contributed by atoms with Crippen molar-refractivity contribution in [2.75, 3.05) is 0 Å². The highest BCUT2D eigenvalue weighted by Gasteiger charge is 2.32. The van der Waals surface area contributed by atoms with E-state index in [1.807, 2.05) is 0 Å². The van der Waals surface area contributed by atoms with Gasteiger partial charge in [-0.2, -0.15) is 0 Å². The lowest BCUT2D eigenvalue weighted by atomic mass is 9.73. The summed E-state index contributed by atoms with van der Waals surface area (Å²) in [4.78, 5) is 0. The van der Waals surface area contributed by atoms with E-state index in [1.54, 1.807) is 0 Å². The number of fused-ring (bicyclic) bond motifs is 10. The van der Waals surface area contributed by atoms with Crippen LogP contribution in [0.5, 0.6) is 0 Å². The summed E-state index contributed by atoms with van der Waals surface area (Å²) in [6.07, 6.45) is 0. The maximum absolute atomic E-state index is 2.65. The van der Waals surface area contributed by atoms with E-state index >= 15 is 0 Å². The third kappa shape index (κ3) is 6.38. The summed E-state index contributed by atoms with van der Waals surface area (Å²) in [5, 5.41) is 24.3. The van der Waals surface area contributed by atoms with Crippen LogP contribution < -0.4 is 0 Å². The summed E-state index contributed by atoms with van der Waals surface area (Å²) >= 11 is 0. The third-order valence-corrected chi connectivity index (χ3v) is 16.5. The Morgan fingerprint density at radius 2 is 0.276 bits per heavy atom. The predicted molar refractivity (Wildman–Crippen MR) is 329 cm³/mol. The van der Waals surface area contributed by atoms with Crippen molar-refractivity contribution in [3.05, 3.63) is 279 Å². The van der Waals surface area contributed by atoms with Gasteiger partial charge in [0.25, 0.3) is 0 Å². The Bertz CT molecular complexity index is 4580.